The van der Waals surface area contributed by atoms with Crippen molar-refractivity contribution >= 4 is 23.2 Å². The molecule has 0 fully saturated rings. The van der Waals surface area contributed by atoms with Gasteiger partial charge in [0.15, 0.2) is 0 Å². The highest BCUT2D eigenvalue weighted by molar-refractivity contribution is 6.33. The van der Waals surface area contributed by atoms with Gasteiger partial charge in [-0.1, -0.05) is 23.2 Å². The Morgan fingerprint density at radius 3 is 2.29 bits per heavy atom. The van der Waals surface area contributed by atoms with Crippen molar-refractivity contribution in [3.63, 3.8) is 0 Å². The number of pyridine rings is 1. The summed E-state index contributed by atoms with van der Waals surface area (Å²) < 4.78 is 37.1. The molecule has 2 nitrogen and oxygen atoms in total. The first-order valence-corrected chi connectivity index (χ1v) is 3.94. The number of halogens is 5. The largest absolute Gasteiger partial charge is 0.419 e. The second-order valence-electron chi connectivity index (χ2n) is 2.26. The van der Waals surface area contributed by atoms with Crippen molar-refractivity contribution in [1.82, 2.24) is 4.98 Å². The second kappa shape index (κ2) is 3.64. The van der Waals surface area contributed by atoms with Crippen LogP contribution >= 0.6 is 23.2 Å². The summed E-state index contributed by atoms with van der Waals surface area (Å²) in [6, 6.07) is 1.31. The normalized spacial score (nSPS) is 11.1. The fourth-order valence-corrected chi connectivity index (χ4v) is 1.28. The lowest BCUT2D eigenvalue weighted by Gasteiger charge is -2.10. The third-order valence-electron chi connectivity index (χ3n) is 1.38. The van der Waals surface area contributed by atoms with Crippen molar-refractivity contribution < 1.29 is 13.2 Å². The Labute approximate surface area is 86.9 Å². The van der Waals surface area contributed by atoms with E-state index in [-0.39, 0.29) is 0 Å². The molecule has 74 valence electrons. The average molecular weight is 241 g/mol. The number of rotatable bonds is 0. The summed E-state index contributed by atoms with van der Waals surface area (Å²) in [5.74, 6) is 0. The van der Waals surface area contributed by atoms with Gasteiger partial charge in [0.2, 0.25) is 0 Å². The molecule has 0 aromatic carbocycles. The smallest absolute Gasteiger partial charge is 0.242 e. The van der Waals surface area contributed by atoms with Crippen molar-refractivity contribution in [2.45, 2.75) is 6.18 Å². The SMILES string of the molecule is N#Cc1c(Cl)ncc(Cl)c1C(F)(F)F. The molecule has 1 aromatic heterocycles. The van der Waals surface area contributed by atoms with E-state index in [4.69, 9.17) is 28.5 Å². The summed E-state index contributed by atoms with van der Waals surface area (Å²) in [6.45, 7) is 0. The lowest BCUT2D eigenvalue weighted by molar-refractivity contribution is -0.137. The number of nitriles is 1. The molecule has 1 aromatic rings. The molecule has 0 aliphatic rings. The van der Waals surface area contributed by atoms with Crippen LogP contribution in [0, 0.1) is 11.3 Å². The zero-order chi connectivity index (χ0) is 10.9. The van der Waals surface area contributed by atoms with Gasteiger partial charge in [0.05, 0.1) is 10.6 Å². The Morgan fingerprint density at radius 2 is 1.93 bits per heavy atom. The number of hydrogen-bond acceptors (Lipinski definition) is 2. The van der Waals surface area contributed by atoms with E-state index in [0.717, 1.165) is 6.20 Å². The van der Waals surface area contributed by atoms with Crippen molar-refractivity contribution in [2.75, 3.05) is 0 Å². The number of hydrogen-bond donors (Lipinski definition) is 0. The first-order valence-electron chi connectivity index (χ1n) is 3.19. The molecule has 1 heterocycles. The van der Waals surface area contributed by atoms with Gasteiger partial charge < -0.3 is 0 Å². The maximum atomic E-state index is 12.4. The maximum Gasteiger partial charge on any atom is 0.419 e. The standard InChI is InChI=1S/C7HCl2F3N2/c8-4-2-14-6(9)3(1-13)5(4)7(10,11)12/h2H. The van der Waals surface area contributed by atoms with Crippen LogP contribution < -0.4 is 0 Å². The van der Waals surface area contributed by atoms with Gasteiger partial charge >= 0.3 is 6.18 Å². The van der Waals surface area contributed by atoms with Gasteiger partial charge in [-0.05, 0) is 0 Å². The zero-order valence-corrected chi connectivity index (χ0v) is 7.87. The summed E-state index contributed by atoms with van der Waals surface area (Å²) in [6.07, 6.45) is -3.96. The van der Waals surface area contributed by atoms with Gasteiger partial charge in [0, 0.05) is 6.20 Å². The zero-order valence-electron chi connectivity index (χ0n) is 6.36. The average Bonchev–Trinajstić information content (AvgIpc) is 2.06. The Hall–Kier alpha value is -0.990. The molecule has 0 N–H and O–H groups in total. The fourth-order valence-electron chi connectivity index (χ4n) is 0.844. The highest BCUT2D eigenvalue weighted by Gasteiger charge is 2.37. The summed E-state index contributed by atoms with van der Waals surface area (Å²) in [5, 5.41) is 7.30. The maximum absolute atomic E-state index is 12.4. The number of alkyl halides is 3. The van der Waals surface area contributed by atoms with E-state index < -0.39 is 27.5 Å². The van der Waals surface area contributed by atoms with Crippen LogP contribution in [0.1, 0.15) is 11.1 Å². The van der Waals surface area contributed by atoms with Gasteiger partial charge in [-0.3, -0.25) is 0 Å². The molecule has 0 saturated carbocycles. The lowest BCUT2D eigenvalue weighted by Crippen LogP contribution is -2.09. The topological polar surface area (TPSA) is 36.7 Å². The van der Waals surface area contributed by atoms with E-state index >= 15 is 0 Å². The molecule has 0 aliphatic heterocycles. The first-order chi connectivity index (χ1) is 6.38. The van der Waals surface area contributed by atoms with E-state index in [2.05, 4.69) is 4.98 Å². The summed E-state index contributed by atoms with van der Waals surface area (Å²) in [4.78, 5) is 3.33. The van der Waals surface area contributed by atoms with Crippen LogP contribution in [0.25, 0.3) is 0 Å². The summed E-state index contributed by atoms with van der Waals surface area (Å²) in [7, 11) is 0. The monoisotopic (exact) mass is 240 g/mol. The minimum absolute atomic E-state index is 0.510. The molecule has 7 heteroatoms. The highest BCUT2D eigenvalue weighted by atomic mass is 35.5. The van der Waals surface area contributed by atoms with Crippen LogP contribution in [0.4, 0.5) is 13.2 Å². The number of nitrogens with zero attached hydrogens (tertiary/aromatic N) is 2. The van der Waals surface area contributed by atoms with E-state index in [1.54, 1.807) is 0 Å². The quantitative estimate of drug-likeness (QED) is 0.653. The Kier molecular flexibility index (Phi) is 2.88. The van der Waals surface area contributed by atoms with Crippen LogP contribution in [0.2, 0.25) is 10.2 Å². The summed E-state index contributed by atoms with van der Waals surface area (Å²) >= 11 is 10.6. The molecule has 0 bridgehead atoms. The molecule has 0 aliphatic carbocycles. The fraction of sp³-hybridized carbons (Fsp3) is 0.143. The molecule has 0 amide bonds. The van der Waals surface area contributed by atoms with Crippen molar-refractivity contribution in [3.8, 4) is 6.07 Å². The van der Waals surface area contributed by atoms with Gasteiger partial charge in [-0.15, -0.1) is 0 Å². The molecule has 14 heavy (non-hydrogen) atoms. The summed E-state index contributed by atoms with van der Waals surface area (Å²) in [5.41, 5.74) is -2.01. The lowest BCUT2D eigenvalue weighted by atomic mass is 10.1. The van der Waals surface area contributed by atoms with Crippen LogP contribution in [-0.4, -0.2) is 4.98 Å². The highest BCUT2D eigenvalue weighted by Crippen LogP contribution is 2.38. The van der Waals surface area contributed by atoms with Crippen LogP contribution in [0.5, 0.6) is 0 Å². The van der Waals surface area contributed by atoms with E-state index in [1.807, 2.05) is 0 Å². The molecule has 1 rings (SSSR count). The molecule has 0 radical (unpaired) electrons. The van der Waals surface area contributed by atoms with Gasteiger partial charge in [-0.2, -0.15) is 18.4 Å². The second-order valence-corrected chi connectivity index (χ2v) is 3.02. The Bertz CT molecular complexity index is 409. The van der Waals surface area contributed by atoms with E-state index in [1.165, 1.54) is 6.07 Å². The third-order valence-corrected chi connectivity index (χ3v) is 1.95. The number of aromatic nitrogens is 1. The third kappa shape index (κ3) is 1.91. The first kappa shape index (κ1) is 11.1. The molecular formula is C7HCl2F3N2. The predicted molar refractivity (Wildman–Crippen MR) is 44.0 cm³/mol. The predicted octanol–water partition coefficient (Wildman–Crippen LogP) is 3.28. The molecule has 0 saturated heterocycles. The van der Waals surface area contributed by atoms with Crippen molar-refractivity contribution in [1.29, 1.82) is 5.26 Å². The van der Waals surface area contributed by atoms with Crippen molar-refractivity contribution in [2.24, 2.45) is 0 Å². The van der Waals surface area contributed by atoms with Crippen LogP contribution in [0.3, 0.4) is 0 Å². The van der Waals surface area contributed by atoms with Crippen LogP contribution in [0.15, 0.2) is 6.20 Å². The van der Waals surface area contributed by atoms with Gasteiger partial charge in [0.1, 0.15) is 16.8 Å². The van der Waals surface area contributed by atoms with E-state index in [9.17, 15) is 13.2 Å². The molecule has 0 spiro atoms. The molecule has 0 unspecified atom stereocenters. The minimum atomic E-state index is -4.71. The Morgan fingerprint density at radius 1 is 1.36 bits per heavy atom. The minimum Gasteiger partial charge on any atom is -0.242 e. The van der Waals surface area contributed by atoms with Crippen LogP contribution in [-0.2, 0) is 6.18 Å². The van der Waals surface area contributed by atoms with Crippen molar-refractivity contribution in [3.05, 3.63) is 27.5 Å². The molecule has 0 atom stereocenters. The van der Waals surface area contributed by atoms with E-state index in [0.29, 0.717) is 0 Å². The van der Waals surface area contributed by atoms with Gasteiger partial charge in [0.25, 0.3) is 0 Å². The molecular weight excluding hydrogens is 240 g/mol. The van der Waals surface area contributed by atoms with Gasteiger partial charge in [-0.25, -0.2) is 4.98 Å². The Balaban J connectivity index is 3.56.